The number of aryl methyl sites for hydroxylation is 1. The quantitative estimate of drug-likeness (QED) is 0.0647. The van der Waals surface area contributed by atoms with Crippen molar-refractivity contribution in [3.8, 4) is 0 Å². The Morgan fingerprint density at radius 2 is 1.58 bits per heavy atom. The number of hydrogen-bond donors (Lipinski definition) is 3. The molecule has 4 aromatic rings. The molecule has 4 aromatic carbocycles. The van der Waals surface area contributed by atoms with Crippen LogP contribution >= 0.6 is 11.8 Å². The number of alkyl halides is 2. The third-order valence-electron chi connectivity index (χ3n) is 9.33. The maximum absolute atomic E-state index is 14.2. The molecule has 1 aliphatic rings. The number of ether oxygens (including phenoxy) is 1. The van der Waals surface area contributed by atoms with E-state index < -0.39 is 64.7 Å². The Balaban J connectivity index is 1.42. The zero-order chi connectivity index (χ0) is 38.2. The first-order valence-electron chi connectivity index (χ1n) is 17.0. The molecule has 4 N–H and O–H groups in total. The number of aldehydes is 1. The number of anilines is 2. The second-order valence-corrected chi connectivity index (χ2v) is 15.6. The van der Waals surface area contributed by atoms with Crippen molar-refractivity contribution >= 4 is 51.4 Å². The molecule has 1 fully saturated rings. The number of carbonyl (C=O) groups excluding carboxylic acids is 3. The highest BCUT2D eigenvalue weighted by molar-refractivity contribution is 7.98. The van der Waals surface area contributed by atoms with Gasteiger partial charge in [-0.15, -0.1) is 11.8 Å². The number of sulfonamides is 1. The molecule has 280 valence electrons. The fraction of sp³-hybridized carbons (Fsp3) is 0.308. The van der Waals surface area contributed by atoms with Crippen LogP contribution in [-0.2, 0) is 30.8 Å². The number of carbonyl (C=O) groups is 3. The highest BCUT2D eigenvalue weighted by Crippen LogP contribution is 2.43. The normalized spacial score (nSPS) is 15.3. The van der Waals surface area contributed by atoms with E-state index >= 15 is 0 Å². The molecule has 0 aliphatic heterocycles. The number of methoxy groups -OCH3 is 1. The van der Waals surface area contributed by atoms with Gasteiger partial charge in [-0.25, -0.2) is 22.0 Å². The highest BCUT2D eigenvalue weighted by Gasteiger charge is 2.47. The first-order chi connectivity index (χ1) is 25.4. The number of hydrogen-bond acceptors (Lipinski definition) is 8. The third-order valence-corrected chi connectivity index (χ3v) is 12.0. The summed E-state index contributed by atoms with van der Waals surface area (Å²) in [6.07, 6.45) is 0.626. The van der Waals surface area contributed by atoms with Crippen molar-refractivity contribution < 1.29 is 36.3 Å². The Bertz CT molecular complexity index is 1960. The maximum Gasteiger partial charge on any atom is 0.407 e. The smallest absolute Gasteiger partial charge is 0.407 e. The molecule has 1 aliphatic carbocycles. The molecule has 10 nitrogen and oxygen atoms in total. The van der Waals surface area contributed by atoms with Crippen LogP contribution in [0.15, 0.2) is 113 Å². The third kappa shape index (κ3) is 9.61. The molecule has 0 spiro atoms. The number of nitrogens with two attached hydrogens (primary N) is 1. The summed E-state index contributed by atoms with van der Waals surface area (Å²) in [6.45, 7) is -0.264. The number of alkyl carbamates (subject to hydrolysis) is 1. The van der Waals surface area contributed by atoms with E-state index in [0.29, 0.717) is 28.1 Å². The van der Waals surface area contributed by atoms with Gasteiger partial charge in [0.05, 0.1) is 18.0 Å². The van der Waals surface area contributed by atoms with Crippen LogP contribution in [0.4, 0.5) is 25.0 Å². The molecular weight excluding hydrogens is 723 g/mol. The predicted molar refractivity (Wildman–Crippen MR) is 201 cm³/mol. The SMILES string of the molecule is COC(=O)NC(C(=O)Nc1ccccc1CCC(C=O)N(CC1CC(F)(F)C1)S(=O)(=O)c1ccc(N)c(SC)c1)C(c1ccccc1)c1ccccc1. The van der Waals surface area contributed by atoms with E-state index in [1.165, 1.54) is 37.1 Å². The summed E-state index contributed by atoms with van der Waals surface area (Å²) in [5.74, 6) is -4.68. The molecule has 5 rings (SSSR count). The minimum Gasteiger partial charge on any atom is -0.453 e. The molecule has 2 unspecified atom stereocenters. The van der Waals surface area contributed by atoms with Crippen molar-refractivity contribution in [2.45, 2.75) is 59.4 Å². The number of para-hydroxylation sites is 1. The van der Waals surface area contributed by atoms with Crippen molar-refractivity contribution in [3.05, 3.63) is 120 Å². The van der Waals surface area contributed by atoms with Crippen LogP contribution < -0.4 is 16.4 Å². The first kappa shape index (κ1) is 39.4. The monoisotopic (exact) mass is 764 g/mol. The summed E-state index contributed by atoms with van der Waals surface area (Å²) < 4.78 is 61.8. The van der Waals surface area contributed by atoms with Crippen molar-refractivity contribution in [1.82, 2.24) is 9.62 Å². The van der Waals surface area contributed by atoms with Gasteiger partial charge >= 0.3 is 6.09 Å². The molecule has 0 aromatic heterocycles. The van der Waals surface area contributed by atoms with Crippen LogP contribution in [0.2, 0.25) is 0 Å². The van der Waals surface area contributed by atoms with E-state index in [1.807, 2.05) is 60.7 Å². The van der Waals surface area contributed by atoms with Gasteiger partial charge < -0.3 is 25.9 Å². The van der Waals surface area contributed by atoms with Gasteiger partial charge in [0, 0.05) is 41.6 Å². The Hall–Kier alpha value is -4.79. The number of benzene rings is 4. The summed E-state index contributed by atoms with van der Waals surface area (Å²) in [6, 6.07) is 27.3. The van der Waals surface area contributed by atoms with Gasteiger partial charge in [-0.2, -0.15) is 4.31 Å². The Morgan fingerprint density at radius 3 is 2.15 bits per heavy atom. The average molecular weight is 765 g/mol. The molecule has 0 bridgehead atoms. The Labute approximate surface area is 312 Å². The summed E-state index contributed by atoms with van der Waals surface area (Å²) >= 11 is 1.26. The van der Waals surface area contributed by atoms with Crippen molar-refractivity contribution in [1.29, 1.82) is 0 Å². The fourth-order valence-electron chi connectivity index (χ4n) is 6.61. The first-order valence-corrected chi connectivity index (χ1v) is 19.6. The standard InChI is InChI=1S/C39H42F2N4O6S2/c1-51-38(48)44-36(35(28-12-5-3-6-13-28)29-14-7-4-8-15-29)37(47)43-33-16-10-9-11-27(33)17-18-30(25-46)45(24-26-22-39(40,41)23-26)53(49,50)31-19-20-32(42)34(21-31)52-2/h3-16,19-21,25-26,30,35-36H,17-18,22-24,42H2,1-2H3,(H,43,47)(H,44,48). The van der Waals surface area contributed by atoms with Gasteiger partial charge in [-0.1, -0.05) is 78.9 Å². The van der Waals surface area contributed by atoms with E-state index in [-0.39, 0.29) is 24.3 Å². The van der Waals surface area contributed by atoms with Crippen LogP contribution in [0.1, 0.15) is 41.9 Å². The summed E-state index contributed by atoms with van der Waals surface area (Å²) in [4.78, 5) is 39.9. The van der Waals surface area contributed by atoms with Crippen LogP contribution in [0.5, 0.6) is 0 Å². The molecule has 1 saturated carbocycles. The lowest BCUT2D eigenvalue weighted by molar-refractivity contribution is -0.119. The van der Waals surface area contributed by atoms with Gasteiger partial charge in [-0.05, 0) is 66.0 Å². The molecular formula is C39H42F2N4O6S2. The van der Waals surface area contributed by atoms with E-state index in [2.05, 4.69) is 10.6 Å². The van der Waals surface area contributed by atoms with E-state index in [1.54, 1.807) is 30.5 Å². The Morgan fingerprint density at radius 1 is 0.981 bits per heavy atom. The topological polar surface area (TPSA) is 148 Å². The van der Waals surface area contributed by atoms with E-state index in [9.17, 15) is 31.6 Å². The molecule has 0 saturated heterocycles. The van der Waals surface area contributed by atoms with Crippen LogP contribution in [0, 0.1) is 5.92 Å². The number of rotatable bonds is 16. The molecule has 0 radical (unpaired) electrons. The van der Waals surface area contributed by atoms with Gasteiger partial charge in [0.25, 0.3) is 0 Å². The second-order valence-electron chi connectivity index (χ2n) is 12.9. The summed E-state index contributed by atoms with van der Waals surface area (Å²) in [5.41, 5.74) is 8.91. The van der Waals surface area contributed by atoms with Crippen LogP contribution in [-0.4, -0.2) is 68.9 Å². The lowest BCUT2D eigenvalue weighted by Gasteiger charge is -2.39. The molecule has 0 heterocycles. The predicted octanol–water partition coefficient (Wildman–Crippen LogP) is 6.72. The van der Waals surface area contributed by atoms with Crippen molar-refractivity contribution in [3.63, 3.8) is 0 Å². The number of nitrogens with zero attached hydrogens (tertiary/aromatic N) is 1. The zero-order valence-electron chi connectivity index (χ0n) is 29.3. The largest absolute Gasteiger partial charge is 0.453 e. The Kier molecular flexibility index (Phi) is 12.9. The maximum atomic E-state index is 14.2. The van der Waals surface area contributed by atoms with Crippen LogP contribution in [0.3, 0.4) is 0 Å². The van der Waals surface area contributed by atoms with E-state index in [0.717, 1.165) is 15.4 Å². The minimum atomic E-state index is -4.32. The molecule has 2 amide bonds. The highest BCUT2D eigenvalue weighted by atomic mass is 32.2. The van der Waals surface area contributed by atoms with Crippen molar-refractivity contribution in [2.75, 3.05) is 31.0 Å². The molecule has 2 atom stereocenters. The van der Waals surface area contributed by atoms with Crippen LogP contribution in [0.25, 0.3) is 0 Å². The van der Waals surface area contributed by atoms with E-state index in [4.69, 9.17) is 10.5 Å². The molecule has 53 heavy (non-hydrogen) atoms. The van der Waals surface area contributed by atoms with Gasteiger partial charge in [0.1, 0.15) is 12.3 Å². The zero-order valence-corrected chi connectivity index (χ0v) is 30.9. The van der Waals surface area contributed by atoms with Gasteiger partial charge in [-0.3, -0.25) is 4.79 Å². The van der Waals surface area contributed by atoms with Gasteiger partial charge in [0.15, 0.2) is 0 Å². The number of thioether (sulfide) groups is 1. The molecule has 14 heteroatoms. The number of nitrogens with one attached hydrogen (secondary N) is 2. The summed E-state index contributed by atoms with van der Waals surface area (Å²) in [5, 5.41) is 5.64. The number of nitrogen functional groups attached to an aromatic ring is 1. The fourth-order valence-corrected chi connectivity index (χ4v) is 8.93. The second kappa shape index (κ2) is 17.4. The van der Waals surface area contributed by atoms with Crippen molar-refractivity contribution in [2.24, 2.45) is 5.92 Å². The van der Waals surface area contributed by atoms with Gasteiger partial charge in [0.2, 0.25) is 21.9 Å². The number of halogens is 2. The summed E-state index contributed by atoms with van der Waals surface area (Å²) in [7, 11) is -3.12. The lowest BCUT2D eigenvalue weighted by atomic mass is 9.81. The lowest BCUT2D eigenvalue weighted by Crippen LogP contribution is -2.49. The number of amides is 2. The average Bonchev–Trinajstić information content (AvgIpc) is 3.14. The minimum absolute atomic E-state index is 0.0103.